The van der Waals surface area contributed by atoms with Gasteiger partial charge in [0.1, 0.15) is 5.75 Å². The molecular weight excluding hydrogens is 168 g/mol. The summed E-state index contributed by atoms with van der Waals surface area (Å²) in [4.78, 5) is 0. The Morgan fingerprint density at radius 1 is 1.46 bits per heavy atom. The first-order valence-corrected chi connectivity index (χ1v) is 4.02. The fourth-order valence-electron chi connectivity index (χ4n) is 1.29. The Bertz CT molecular complexity index is 313. The molecule has 0 fully saturated rings. The number of hydrogen-bond acceptors (Lipinski definition) is 4. The van der Waals surface area contributed by atoms with Crippen molar-refractivity contribution in [3.63, 3.8) is 0 Å². The number of aliphatic hydroxyl groups excluding tert-OH is 1. The topological polar surface area (TPSA) is 92.5 Å². The lowest BCUT2D eigenvalue weighted by Gasteiger charge is -2.15. The van der Waals surface area contributed by atoms with Gasteiger partial charge < -0.3 is 21.7 Å². The zero-order chi connectivity index (χ0) is 10.0. The summed E-state index contributed by atoms with van der Waals surface area (Å²) in [6.07, 6.45) is 0. The van der Waals surface area contributed by atoms with Crippen LogP contribution >= 0.6 is 0 Å². The monoisotopic (exact) mass is 182 g/mol. The van der Waals surface area contributed by atoms with Gasteiger partial charge in [-0.25, -0.2) is 0 Å². The Labute approximate surface area is 76.8 Å². The Kier molecular flexibility index (Phi) is 2.75. The smallest absolute Gasteiger partial charge is 0.143 e. The van der Waals surface area contributed by atoms with Gasteiger partial charge in [0.25, 0.3) is 0 Å². The molecule has 4 heteroatoms. The molecule has 1 aromatic carbocycles. The molecule has 0 saturated carbocycles. The van der Waals surface area contributed by atoms with Crippen molar-refractivity contribution >= 4 is 5.69 Å². The van der Waals surface area contributed by atoms with Crippen LogP contribution in [0.3, 0.4) is 0 Å². The van der Waals surface area contributed by atoms with E-state index in [-0.39, 0.29) is 18.0 Å². The third-order valence-electron chi connectivity index (χ3n) is 2.03. The molecule has 1 rings (SSSR count). The van der Waals surface area contributed by atoms with Gasteiger partial charge in [-0.3, -0.25) is 0 Å². The number of aryl methyl sites for hydroxylation is 1. The van der Waals surface area contributed by atoms with Crippen LogP contribution in [0.25, 0.3) is 0 Å². The Morgan fingerprint density at radius 2 is 2.08 bits per heavy atom. The Balaban J connectivity index is 3.25. The molecule has 0 aliphatic rings. The molecule has 0 saturated heterocycles. The maximum absolute atomic E-state index is 9.56. The Morgan fingerprint density at radius 3 is 2.62 bits per heavy atom. The molecule has 4 nitrogen and oxygen atoms in total. The van der Waals surface area contributed by atoms with Crippen molar-refractivity contribution in [1.29, 1.82) is 0 Å². The summed E-state index contributed by atoms with van der Waals surface area (Å²) in [7, 11) is 0. The molecule has 6 N–H and O–H groups in total. The minimum Gasteiger partial charge on any atom is -0.505 e. The van der Waals surface area contributed by atoms with Crippen LogP contribution in [0.2, 0.25) is 0 Å². The van der Waals surface area contributed by atoms with E-state index in [1.807, 2.05) is 6.92 Å². The molecule has 0 aromatic heterocycles. The molecule has 1 atom stereocenters. The molecular formula is C9H14N2O2. The second kappa shape index (κ2) is 3.64. The number of nitrogens with two attached hydrogens (primary N) is 2. The SMILES string of the molecule is Cc1ccc(N)c(O)c1C(N)CO. The number of aliphatic hydroxyl groups is 1. The second-order valence-electron chi connectivity index (χ2n) is 3.02. The molecule has 0 amide bonds. The average Bonchev–Trinajstić information content (AvgIpc) is 2.12. The molecule has 0 heterocycles. The maximum Gasteiger partial charge on any atom is 0.143 e. The van der Waals surface area contributed by atoms with Crippen LogP contribution in [-0.2, 0) is 0 Å². The predicted molar refractivity (Wildman–Crippen MR) is 51.3 cm³/mol. The quantitative estimate of drug-likeness (QED) is 0.390. The van der Waals surface area contributed by atoms with E-state index in [4.69, 9.17) is 16.6 Å². The predicted octanol–water partition coefficient (Wildman–Crippen LogP) is 0.275. The summed E-state index contributed by atoms with van der Waals surface area (Å²) in [5.41, 5.74) is 12.7. The highest BCUT2D eigenvalue weighted by atomic mass is 16.3. The molecule has 0 radical (unpaired) electrons. The normalized spacial score (nSPS) is 12.8. The minimum atomic E-state index is -0.580. The van der Waals surface area contributed by atoms with Crippen LogP contribution in [0.4, 0.5) is 5.69 Å². The van der Waals surface area contributed by atoms with Gasteiger partial charge >= 0.3 is 0 Å². The zero-order valence-corrected chi connectivity index (χ0v) is 7.49. The summed E-state index contributed by atoms with van der Waals surface area (Å²) in [6.45, 7) is 1.60. The number of phenols is 1. The summed E-state index contributed by atoms with van der Waals surface area (Å²) in [5, 5.41) is 18.4. The zero-order valence-electron chi connectivity index (χ0n) is 7.49. The fraction of sp³-hybridized carbons (Fsp3) is 0.333. The lowest BCUT2D eigenvalue weighted by molar-refractivity contribution is 0.265. The van der Waals surface area contributed by atoms with Gasteiger partial charge in [0, 0.05) is 5.56 Å². The van der Waals surface area contributed by atoms with Gasteiger partial charge in [-0.2, -0.15) is 0 Å². The van der Waals surface area contributed by atoms with Crippen molar-refractivity contribution in [3.05, 3.63) is 23.3 Å². The van der Waals surface area contributed by atoms with E-state index in [2.05, 4.69) is 0 Å². The first-order chi connectivity index (χ1) is 6.07. The minimum absolute atomic E-state index is 0.0263. The summed E-state index contributed by atoms with van der Waals surface area (Å²) < 4.78 is 0. The summed E-state index contributed by atoms with van der Waals surface area (Å²) >= 11 is 0. The van der Waals surface area contributed by atoms with Crippen LogP contribution in [0, 0.1) is 6.92 Å². The highest BCUT2D eigenvalue weighted by molar-refractivity contribution is 5.59. The molecule has 1 unspecified atom stereocenters. The molecule has 0 aliphatic heterocycles. The number of rotatable bonds is 2. The van der Waals surface area contributed by atoms with Crippen LogP contribution in [0.15, 0.2) is 12.1 Å². The highest BCUT2D eigenvalue weighted by Crippen LogP contribution is 2.31. The van der Waals surface area contributed by atoms with E-state index in [1.54, 1.807) is 12.1 Å². The van der Waals surface area contributed by atoms with E-state index >= 15 is 0 Å². The fourth-order valence-corrected chi connectivity index (χ4v) is 1.29. The molecule has 0 aliphatic carbocycles. The molecule has 0 bridgehead atoms. The molecule has 72 valence electrons. The van der Waals surface area contributed by atoms with Crippen LogP contribution in [-0.4, -0.2) is 16.8 Å². The van der Waals surface area contributed by atoms with Gasteiger partial charge in [0.2, 0.25) is 0 Å². The number of phenolic OH excluding ortho intramolecular Hbond substituents is 1. The maximum atomic E-state index is 9.56. The van der Waals surface area contributed by atoms with Crippen molar-refractivity contribution in [2.24, 2.45) is 5.73 Å². The number of anilines is 1. The van der Waals surface area contributed by atoms with Gasteiger partial charge in [-0.05, 0) is 18.6 Å². The van der Waals surface area contributed by atoms with Crippen molar-refractivity contribution in [2.45, 2.75) is 13.0 Å². The second-order valence-corrected chi connectivity index (χ2v) is 3.02. The van der Waals surface area contributed by atoms with Gasteiger partial charge in [-0.1, -0.05) is 6.07 Å². The van der Waals surface area contributed by atoms with Crippen LogP contribution in [0.5, 0.6) is 5.75 Å². The van der Waals surface area contributed by atoms with Crippen molar-refractivity contribution in [1.82, 2.24) is 0 Å². The third-order valence-corrected chi connectivity index (χ3v) is 2.03. The Hall–Kier alpha value is -1.26. The molecule has 0 spiro atoms. The third kappa shape index (κ3) is 1.74. The number of hydrogen-bond donors (Lipinski definition) is 4. The number of nitrogen functional groups attached to an aromatic ring is 1. The number of aromatic hydroxyl groups is 1. The van der Waals surface area contributed by atoms with E-state index in [9.17, 15) is 5.11 Å². The van der Waals surface area contributed by atoms with E-state index < -0.39 is 6.04 Å². The van der Waals surface area contributed by atoms with E-state index in [0.29, 0.717) is 5.56 Å². The van der Waals surface area contributed by atoms with Crippen LogP contribution < -0.4 is 11.5 Å². The molecule has 1 aromatic rings. The molecule has 13 heavy (non-hydrogen) atoms. The summed E-state index contributed by atoms with van der Waals surface area (Å²) in [5.74, 6) is -0.0263. The highest BCUT2D eigenvalue weighted by Gasteiger charge is 2.14. The van der Waals surface area contributed by atoms with Crippen molar-refractivity contribution < 1.29 is 10.2 Å². The lowest BCUT2D eigenvalue weighted by Crippen LogP contribution is -2.16. The van der Waals surface area contributed by atoms with Crippen molar-refractivity contribution in [3.8, 4) is 5.75 Å². The first-order valence-electron chi connectivity index (χ1n) is 4.02. The standard InChI is InChI=1S/C9H14N2O2/c1-5-2-3-6(10)9(13)8(5)7(11)4-12/h2-3,7,12-13H,4,10-11H2,1H3. The lowest BCUT2D eigenvalue weighted by atomic mass is 10.0. The van der Waals surface area contributed by atoms with E-state index in [1.165, 1.54) is 0 Å². The first kappa shape index (κ1) is 9.83. The van der Waals surface area contributed by atoms with Crippen molar-refractivity contribution in [2.75, 3.05) is 12.3 Å². The van der Waals surface area contributed by atoms with Gasteiger partial charge in [-0.15, -0.1) is 0 Å². The number of benzene rings is 1. The largest absolute Gasteiger partial charge is 0.505 e. The van der Waals surface area contributed by atoms with Gasteiger partial charge in [0.05, 0.1) is 18.3 Å². The average molecular weight is 182 g/mol. The van der Waals surface area contributed by atoms with Gasteiger partial charge in [0.15, 0.2) is 0 Å². The van der Waals surface area contributed by atoms with E-state index in [0.717, 1.165) is 5.56 Å². The van der Waals surface area contributed by atoms with Crippen LogP contribution in [0.1, 0.15) is 17.2 Å². The summed E-state index contributed by atoms with van der Waals surface area (Å²) in [6, 6.07) is 2.79.